The predicted octanol–water partition coefficient (Wildman–Crippen LogP) is 2.65. The maximum Gasteiger partial charge on any atom is 0.307 e. The third-order valence-electron chi connectivity index (χ3n) is 6.89. The van der Waals surface area contributed by atoms with E-state index in [1.165, 1.54) is 0 Å². The van der Waals surface area contributed by atoms with Gasteiger partial charge in [0, 0.05) is 18.0 Å². The third-order valence-corrected chi connectivity index (χ3v) is 6.89. The van der Waals surface area contributed by atoms with Crippen LogP contribution in [0.4, 0.5) is 4.39 Å². The molecule has 7 unspecified atom stereocenters. The second kappa shape index (κ2) is 7.62. The lowest BCUT2D eigenvalue weighted by Crippen LogP contribution is -2.63. The molecule has 0 aromatic carbocycles. The molecule has 3 fully saturated rings. The molecule has 3 aliphatic rings. The van der Waals surface area contributed by atoms with E-state index in [0.29, 0.717) is 19.4 Å². The molecule has 0 radical (unpaired) electrons. The van der Waals surface area contributed by atoms with Crippen molar-refractivity contribution >= 4 is 5.97 Å². The standard InChI is InChI=1S/C19H29FN4O2/c20-13-5-3-4-12(10-13)18-15(11-24-21-8-9-22-24)17(19(25)26)14-6-1-2-7-16(14)23-18/h8-9,12-18,23H,1-7,10-11H2,(H,25,26). The fourth-order valence-corrected chi connectivity index (χ4v) is 5.81. The second-order valence-electron chi connectivity index (χ2n) is 8.38. The van der Waals surface area contributed by atoms with Crippen molar-refractivity contribution in [3.63, 3.8) is 0 Å². The Morgan fingerprint density at radius 2 is 1.92 bits per heavy atom. The smallest absolute Gasteiger partial charge is 0.307 e. The lowest BCUT2D eigenvalue weighted by atomic mass is 9.62. The number of carboxylic acids is 1. The Bertz CT molecular complexity index is 611. The molecule has 0 bridgehead atoms. The molecule has 2 N–H and O–H groups in total. The molecule has 144 valence electrons. The van der Waals surface area contributed by atoms with E-state index in [0.717, 1.165) is 38.5 Å². The first-order valence-corrected chi connectivity index (χ1v) is 10.1. The normalized spacial score (nSPS) is 40.7. The van der Waals surface area contributed by atoms with Crippen LogP contribution in [0.2, 0.25) is 0 Å². The molecule has 6 nitrogen and oxygen atoms in total. The Morgan fingerprint density at radius 1 is 1.15 bits per heavy atom. The molecule has 7 atom stereocenters. The van der Waals surface area contributed by atoms with Gasteiger partial charge in [-0.2, -0.15) is 15.0 Å². The topological polar surface area (TPSA) is 80.0 Å². The van der Waals surface area contributed by atoms with E-state index < -0.39 is 18.1 Å². The van der Waals surface area contributed by atoms with Crippen molar-refractivity contribution in [1.82, 2.24) is 20.3 Å². The minimum Gasteiger partial charge on any atom is -0.481 e. The minimum atomic E-state index is -0.758. The van der Waals surface area contributed by atoms with E-state index in [9.17, 15) is 14.3 Å². The fraction of sp³-hybridized carbons (Fsp3) is 0.842. The van der Waals surface area contributed by atoms with Crippen LogP contribution in [0.1, 0.15) is 51.4 Å². The van der Waals surface area contributed by atoms with Crippen LogP contribution >= 0.6 is 0 Å². The first-order chi connectivity index (χ1) is 12.6. The Morgan fingerprint density at radius 3 is 2.65 bits per heavy atom. The van der Waals surface area contributed by atoms with Crippen LogP contribution in [0, 0.1) is 23.7 Å². The molecule has 4 rings (SSSR count). The number of aliphatic carboxylic acids is 1. The highest BCUT2D eigenvalue weighted by Gasteiger charge is 2.51. The largest absolute Gasteiger partial charge is 0.481 e. The lowest BCUT2D eigenvalue weighted by Gasteiger charge is -2.51. The number of fused-ring (bicyclic) bond motifs is 1. The Labute approximate surface area is 153 Å². The number of halogens is 1. The first kappa shape index (κ1) is 17.9. The summed E-state index contributed by atoms with van der Waals surface area (Å²) in [5, 5.41) is 22.3. The molecule has 2 aliphatic carbocycles. The first-order valence-electron chi connectivity index (χ1n) is 10.1. The van der Waals surface area contributed by atoms with Gasteiger partial charge in [0.1, 0.15) is 6.17 Å². The zero-order chi connectivity index (χ0) is 18.1. The number of nitrogens with zero attached hydrogens (tertiary/aromatic N) is 3. The molecular weight excluding hydrogens is 335 g/mol. The van der Waals surface area contributed by atoms with Gasteiger partial charge in [-0.25, -0.2) is 4.39 Å². The molecule has 0 spiro atoms. The summed E-state index contributed by atoms with van der Waals surface area (Å²) in [7, 11) is 0. The number of aromatic nitrogens is 3. The van der Waals surface area contributed by atoms with Gasteiger partial charge in [0.2, 0.25) is 0 Å². The van der Waals surface area contributed by atoms with Gasteiger partial charge in [0.25, 0.3) is 0 Å². The van der Waals surface area contributed by atoms with Crippen LogP contribution < -0.4 is 5.32 Å². The van der Waals surface area contributed by atoms with Crippen molar-refractivity contribution in [2.24, 2.45) is 23.7 Å². The van der Waals surface area contributed by atoms with Crippen LogP contribution in [0.15, 0.2) is 12.4 Å². The van der Waals surface area contributed by atoms with Crippen molar-refractivity contribution in [3.05, 3.63) is 12.4 Å². The summed E-state index contributed by atoms with van der Waals surface area (Å²) < 4.78 is 14.1. The van der Waals surface area contributed by atoms with E-state index >= 15 is 0 Å². The number of carboxylic acid groups (broad SMARTS) is 1. The average molecular weight is 364 g/mol. The van der Waals surface area contributed by atoms with E-state index in [4.69, 9.17) is 0 Å². The summed E-state index contributed by atoms with van der Waals surface area (Å²) >= 11 is 0. The molecule has 2 saturated carbocycles. The summed E-state index contributed by atoms with van der Waals surface area (Å²) in [4.78, 5) is 13.9. The molecule has 1 aliphatic heterocycles. The molecular formula is C19H29FN4O2. The molecule has 2 heterocycles. The molecule has 1 aromatic heterocycles. The highest BCUT2D eigenvalue weighted by molar-refractivity contribution is 5.71. The number of hydrogen-bond donors (Lipinski definition) is 2. The Balaban J connectivity index is 1.64. The van der Waals surface area contributed by atoms with Crippen molar-refractivity contribution < 1.29 is 14.3 Å². The van der Waals surface area contributed by atoms with E-state index in [1.807, 2.05) is 0 Å². The van der Waals surface area contributed by atoms with Gasteiger partial charge < -0.3 is 10.4 Å². The van der Waals surface area contributed by atoms with Gasteiger partial charge in [0.05, 0.1) is 24.9 Å². The van der Waals surface area contributed by atoms with Gasteiger partial charge in [-0.15, -0.1) is 0 Å². The van der Waals surface area contributed by atoms with Crippen molar-refractivity contribution in [2.75, 3.05) is 0 Å². The number of hydrogen-bond acceptors (Lipinski definition) is 4. The monoisotopic (exact) mass is 364 g/mol. The summed E-state index contributed by atoms with van der Waals surface area (Å²) in [5.41, 5.74) is 0. The zero-order valence-corrected chi connectivity index (χ0v) is 15.1. The molecule has 26 heavy (non-hydrogen) atoms. The molecule has 0 amide bonds. The Kier molecular flexibility index (Phi) is 5.25. The van der Waals surface area contributed by atoms with Crippen LogP contribution in [-0.4, -0.2) is 44.3 Å². The maximum absolute atomic E-state index is 14.1. The fourth-order valence-electron chi connectivity index (χ4n) is 5.81. The van der Waals surface area contributed by atoms with Crippen LogP contribution in [0.25, 0.3) is 0 Å². The zero-order valence-electron chi connectivity index (χ0n) is 15.1. The predicted molar refractivity (Wildman–Crippen MR) is 94.2 cm³/mol. The van der Waals surface area contributed by atoms with E-state index in [1.54, 1.807) is 17.2 Å². The van der Waals surface area contributed by atoms with Crippen molar-refractivity contribution in [1.29, 1.82) is 0 Å². The second-order valence-corrected chi connectivity index (χ2v) is 8.38. The highest BCUT2D eigenvalue weighted by atomic mass is 19.1. The molecule has 1 aromatic rings. The van der Waals surface area contributed by atoms with Gasteiger partial charge in [-0.3, -0.25) is 4.79 Å². The number of alkyl halides is 1. The highest BCUT2D eigenvalue weighted by Crippen LogP contribution is 2.44. The average Bonchev–Trinajstić information content (AvgIpc) is 3.14. The number of nitrogens with one attached hydrogen (secondary N) is 1. The van der Waals surface area contributed by atoms with Gasteiger partial charge in [-0.1, -0.05) is 19.3 Å². The number of piperidine rings is 1. The lowest BCUT2D eigenvalue weighted by molar-refractivity contribution is -0.152. The van der Waals surface area contributed by atoms with Crippen molar-refractivity contribution in [3.8, 4) is 0 Å². The molecule has 7 heteroatoms. The van der Waals surface area contributed by atoms with Crippen LogP contribution in [0.5, 0.6) is 0 Å². The van der Waals surface area contributed by atoms with E-state index in [2.05, 4.69) is 15.5 Å². The third kappa shape index (κ3) is 3.50. The quantitative estimate of drug-likeness (QED) is 0.859. The van der Waals surface area contributed by atoms with Gasteiger partial charge in [-0.05, 0) is 43.9 Å². The SMILES string of the molecule is O=C(O)C1C2CCCCC2NC(C2CCCC(F)C2)C1Cn1nccn1. The van der Waals surface area contributed by atoms with Crippen molar-refractivity contribution in [2.45, 2.75) is 76.2 Å². The van der Waals surface area contributed by atoms with Crippen LogP contribution in [0.3, 0.4) is 0 Å². The number of carbonyl (C=O) groups is 1. The maximum atomic E-state index is 14.1. The van der Waals surface area contributed by atoms with Crippen LogP contribution in [-0.2, 0) is 11.3 Å². The van der Waals surface area contributed by atoms with Gasteiger partial charge in [0.15, 0.2) is 0 Å². The Hall–Kier alpha value is -1.50. The summed E-state index contributed by atoms with van der Waals surface area (Å²) in [6.45, 7) is 0.484. The number of rotatable bonds is 4. The van der Waals surface area contributed by atoms with Gasteiger partial charge >= 0.3 is 5.97 Å². The summed E-state index contributed by atoms with van der Waals surface area (Å²) in [5.74, 6) is -0.864. The summed E-state index contributed by atoms with van der Waals surface area (Å²) in [6, 6.07) is 0.275. The van der Waals surface area contributed by atoms with E-state index in [-0.39, 0.29) is 29.8 Å². The minimum absolute atomic E-state index is 0.0278. The summed E-state index contributed by atoms with van der Waals surface area (Å²) in [6.07, 6.45) is 9.79. The molecule has 1 saturated heterocycles.